The van der Waals surface area contributed by atoms with Crippen molar-refractivity contribution < 1.29 is 9.53 Å². The van der Waals surface area contributed by atoms with Crippen molar-refractivity contribution in [1.82, 2.24) is 10.2 Å². The van der Waals surface area contributed by atoms with Crippen LogP contribution in [-0.4, -0.2) is 23.3 Å². The Labute approximate surface area is 87.2 Å². The lowest BCUT2D eigenvalue weighted by Gasteiger charge is -2.08. The number of hydrogen-bond donors (Lipinski definition) is 1. The van der Waals surface area contributed by atoms with Gasteiger partial charge >= 0.3 is 5.97 Å². The number of aromatic nitrogens is 2. The molecule has 0 aliphatic heterocycles. The highest BCUT2D eigenvalue weighted by atomic mass is 16.5. The van der Waals surface area contributed by atoms with E-state index in [9.17, 15) is 4.79 Å². The van der Waals surface area contributed by atoms with Crippen molar-refractivity contribution in [2.45, 2.75) is 12.8 Å². The molecule has 1 aromatic carbocycles. The average Bonchev–Trinajstić information content (AvgIpc) is 2.73. The summed E-state index contributed by atoms with van der Waals surface area (Å²) in [6.07, 6.45) is 1.75. The highest BCUT2D eigenvalue weighted by Gasteiger charge is 2.15. The van der Waals surface area contributed by atoms with E-state index >= 15 is 0 Å². The molecule has 0 fully saturated rings. The highest BCUT2D eigenvalue weighted by Crippen LogP contribution is 2.20. The van der Waals surface area contributed by atoms with Gasteiger partial charge in [-0.05, 0) is 18.6 Å². The van der Waals surface area contributed by atoms with Crippen LogP contribution in [0, 0.1) is 0 Å². The van der Waals surface area contributed by atoms with E-state index in [1.807, 2.05) is 25.1 Å². The first kappa shape index (κ1) is 9.71. The highest BCUT2D eigenvalue weighted by molar-refractivity contribution is 5.82. The number of esters is 1. The van der Waals surface area contributed by atoms with Crippen molar-refractivity contribution in [1.29, 1.82) is 0 Å². The predicted molar refractivity (Wildman–Crippen MR) is 56.5 cm³/mol. The van der Waals surface area contributed by atoms with Crippen molar-refractivity contribution in [2.24, 2.45) is 0 Å². The predicted octanol–water partition coefficient (Wildman–Crippen LogP) is 1.84. The van der Waals surface area contributed by atoms with Crippen molar-refractivity contribution >= 4 is 16.9 Å². The van der Waals surface area contributed by atoms with Gasteiger partial charge in [0.25, 0.3) is 0 Å². The number of methoxy groups -OCH3 is 1. The summed E-state index contributed by atoms with van der Waals surface area (Å²) >= 11 is 0. The normalized spacial score (nSPS) is 12.7. The summed E-state index contributed by atoms with van der Waals surface area (Å²) in [5.41, 5.74) is 1.86. The average molecular weight is 204 g/mol. The molecule has 2 aromatic rings. The first-order valence-electron chi connectivity index (χ1n) is 4.73. The topological polar surface area (TPSA) is 55.0 Å². The van der Waals surface area contributed by atoms with Gasteiger partial charge in [0.1, 0.15) is 0 Å². The van der Waals surface area contributed by atoms with Crippen LogP contribution in [0.4, 0.5) is 0 Å². The van der Waals surface area contributed by atoms with E-state index < -0.39 is 0 Å². The van der Waals surface area contributed by atoms with E-state index in [1.165, 1.54) is 7.11 Å². The number of nitrogens with one attached hydrogen (secondary N) is 1. The smallest absolute Gasteiger partial charge is 0.312 e. The Bertz CT molecular complexity index is 490. The number of carbonyl (C=O) groups is 1. The fourth-order valence-electron chi connectivity index (χ4n) is 1.54. The van der Waals surface area contributed by atoms with Crippen LogP contribution in [0.1, 0.15) is 18.4 Å². The summed E-state index contributed by atoms with van der Waals surface area (Å²) in [7, 11) is 1.40. The second-order valence-corrected chi connectivity index (χ2v) is 3.46. The molecule has 15 heavy (non-hydrogen) atoms. The molecule has 0 spiro atoms. The Morgan fingerprint density at radius 3 is 3.07 bits per heavy atom. The molecule has 0 bridgehead atoms. The molecule has 0 aliphatic carbocycles. The van der Waals surface area contributed by atoms with Crippen molar-refractivity contribution in [3.63, 3.8) is 0 Å². The Balaban J connectivity index is 2.39. The molecule has 1 N–H and O–H groups in total. The standard InChI is InChI=1S/C11H12N2O2/c1-7(11(14)15-2)8-3-4-9-6-12-13-10(9)5-8/h3-7H,1-2H3,(H,12,13). The van der Waals surface area contributed by atoms with Crippen molar-refractivity contribution in [3.05, 3.63) is 30.0 Å². The maximum Gasteiger partial charge on any atom is 0.312 e. The summed E-state index contributed by atoms with van der Waals surface area (Å²) in [6, 6.07) is 5.77. The number of hydrogen-bond acceptors (Lipinski definition) is 3. The fraction of sp³-hybridized carbons (Fsp3) is 0.273. The van der Waals surface area contributed by atoms with Crippen LogP contribution in [0.15, 0.2) is 24.4 Å². The zero-order valence-electron chi connectivity index (χ0n) is 8.65. The van der Waals surface area contributed by atoms with Gasteiger partial charge in [0.05, 0.1) is 24.7 Å². The Morgan fingerprint density at radius 2 is 2.33 bits per heavy atom. The Hall–Kier alpha value is -1.84. The maximum atomic E-state index is 11.3. The fourth-order valence-corrected chi connectivity index (χ4v) is 1.54. The van der Waals surface area contributed by atoms with E-state index in [2.05, 4.69) is 10.2 Å². The summed E-state index contributed by atoms with van der Waals surface area (Å²) < 4.78 is 4.70. The third kappa shape index (κ3) is 1.70. The molecule has 78 valence electrons. The van der Waals surface area contributed by atoms with Crippen LogP contribution in [0.25, 0.3) is 10.9 Å². The monoisotopic (exact) mass is 204 g/mol. The van der Waals surface area contributed by atoms with E-state index in [-0.39, 0.29) is 11.9 Å². The quantitative estimate of drug-likeness (QED) is 0.759. The Morgan fingerprint density at radius 1 is 1.53 bits per heavy atom. The summed E-state index contributed by atoms with van der Waals surface area (Å²) in [6.45, 7) is 1.82. The van der Waals surface area contributed by atoms with Gasteiger partial charge in [-0.15, -0.1) is 0 Å². The van der Waals surface area contributed by atoms with Gasteiger partial charge in [-0.3, -0.25) is 9.89 Å². The van der Waals surface area contributed by atoms with Gasteiger partial charge in [0.2, 0.25) is 0 Å². The lowest BCUT2D eigenvalue weighted by atomic mass is 10.0. The van der Waals surface area contributed by atoms with Gasteiger partial charge in [-0.1, -0.05) is 12.1 Å². The Kier molecular flexibility index (Phi) is 2.41. The van der Waals surface area contributed by atoms with Crippen LogP contribution < -0.4 is 0 Å². The zero-order chi connectivity index (χ0) is 10.8. The molecule has 4 nitrogen and oxygen atoms in total. The van der Waals surface area contributed by atoms with Gasteiger partial charge < -0.3 is 4.74 Å². The number of fused-ring (bicyclic) bond motifs is 1. The van der Waals surface area contributed by atoms with Crippen molar-refractivity contribution in [3.8, 4) is 0 Å². The van der Waals surface area contributed by atoms with Crippen LogP contribution in [-0.2, 0) is 9.53 Å². The number of aromatic amines is 1. The van der Waals surface area contributed by atoms with Crippen LogP contribution >= 0.6 is 0 Å². The molecule has 1 unspecified atom stereocenters. The molecular formula is C11H12N2O2. The molecule has 0 amide bonds. The number of carbonyl (C=O) groups excluding carboxylic acids is 1. The summed E-state index contributed by atoms with van der Waals surface area (Å²) in [4.78, 5) is 11.3. The first-order chi connectivity index (χ1) is 7.22. The minimum Gasteiger partial charge on any atom is -0.469 e. The largest absolute Gasteiger partial charge is 0.469 e. The van der Waals surface area contributed by atoms with E-state index in [1.54, 1.807) is 6.20 Å². The first-order valence-corrected chi connectivity index (χ1v) is 4.73. The van der Waals surface area contributed by atoms with Gasteiger partial charge in [0.15, 0.2) is 0 Å². The molecular weight excluding hydrogens is 192 g/mol. The van der Waals surface area contributed by atoms with E-state index in [0.717, 1.165) is 16.5 Å². The van der Waals surface area contributed by atoms with E-state index in [0.29, 0.717) is 0 Å². The van der Waals surface area contributed by atoms with Crippen molar-refractivity contribution in [2.75, 3.05) is 7.11 Å². The number of ether oxygens (including phenoxy) is 1. The molecule has 2 rings (SSSR count). The summed E-state index contributed by atoms with van der Waals surface area (Å²) in [5.74, 6) is -0.475. The minimum absolute atomic E-state index is 0.228. The maximum absolute atomic E-state index is 11.3. The third-order valence-corrected chi connectivity index (χ3v) is 2.52. The van der Waals surface area contributed by atoms with Gasteiger partial charge in [0, 0.05) is 5.39 Å². The molecule has 0 aliphatic rings. The molecule has 0 saturated carbocycles. The number of H-pyrrole nitrogens is 1. The SMILES string of the molecule is COC(=O)C(C)c1ccc2cn[nH]c2c1. The number of benzene rings is 1. The van der Waals surface area contributed by atoms with E-state index in [4.69, 9.17) is 4.74 Å². The minimum atomic E-state index is -0.248. The lowest BCUT2D eigenvalue weighted by molar-refractivity contribution is -0.141. The molecule has 0 saturated heterocycles. The van der Waals surface area contributed by atoms with Crippen LogP contribution in [0.3, 0.4) is 0 Å². The second kappa shape index (κ2) is 3.73. The van der Waals surface area contributed by atoms with Gasteiger partial charge in [-0.25, -0.2) is 0 Å². The molecule has 1 aromatic heterocycles. The second-order valence-electron chi connectivity index (χ2n) is 3.46. The summed E-state index contributed by atoms with van der Waals surface area (Å²) in [5, 5.41) is 7.83. The molecule has 1 heterocycles. The molecule has 4 heteroatoms. The third-order valence-electron chi connectivity index (χ3n) is 2.52. The van der Waals surface area contributed by atoms with Crippen LogP contribution in [0.2, 0.25) is 0 Å². The molecule has 1 atom stereocenters. The zero-order valence-corrected chi connectivity index (χ0v) is 8.65. The molecule has 0 radical (unpaired) electrons. The lowest BCUT2D eigenvalue weighted by Crippen LogP contribution is -2.10. The number of nitrogens with zero attached hydrogens (tertiary/aromatic N) is 1. The number of rotatable bonds is 2. The van der Waals surface area contributed by atoms with Gasteiger partial charge in [-0.2, -0.15) is 5.10 Å². The van der Waals surface area contributed by atoms with Crippen LogP contribution in [0.5, 0.6) is 0 Å².